The number of rotatable bonds is 4. The van der Waals surface area contributed by atoms with E-state index < -0.39 is 0 Å². The van der Waals surface area contributed by atoms with Gasteiger partial charge in [0.15, 0.2) is 0 Å². The van der Waals surface area contributed by atoms with Gasteiger partial charge in [-0.05, 0) is 24.3 Å². The summed E-state index contributed by atoms with van der Waals surface area (Å²) in [5, 5.41) is 14.0. The zero-order valence-corrected chi connectivity index (χ0v) is 8.49. The van der Waals surface area contributed by atoms with Crippen molar-refractivity contribution in [3.05, 3.63) is 24.3 Å². The van der Waals surface area contributed by atoms with Crippen molar-refractivity contribution < 1.29 is 14.6 Å². The number of ether oxygens (including phenoxy) is 1. The van der Waals surface area contributed by atoms with Gasteiger partial charge < -0.3 is 20.5 Å². The van der Waals surface area contributed by atoms with Crippen molar-refractivity contribution in [1.29, 1.82) is 0 Å². The van der Waals surface area contributed by atoms with Crippen LogP contribution in [0.5, 0.6) is 11.5 Å². The van der Waals surface area contributed by atoms with Gasteiger partial charge in [-0.3, -0.25) is 0 Å². The standard InChI is InChI=1S/C10H14N2O3/c1-11-10(14)12-6-7-15-9-4-2-8(13)3-5-9/h2-5,13H,6-7H2,1H3,(H2,11,12,14). The third-order valence-electron chi connectivity index (χ3n) is 1.72. The Labute approximate surface area is 88.1 Å². The van der Waals surface area contributed by atoms with Crippen LogP contribution >= 0.6 is 0 Å². The molecule has 0 saturated carbocycles. The molecule has 82 valence electrons. The van der Waals surface area contributed by atoms with Crippen LogP contribution in [0.1, 0.15) is 0 Å². The Kier molecular flexibility index (Phi) is 4.28. The van der Waals surface area contributed by atoms with Gasteiger partial charge in [0.2, 0.25) is 0 Å². The lowest BCUT2D eigenvalue weighted by Gasteiger charge is -2.07. The number of benzene rings is 1. The molecule has 0 unspecified atom stereocenters. The van der Waals surface area contributed by atoms with Gasteiger partial charge in [0.25, 0.3) is 0 Å². The smallest absolute Gasteiger partial charge is 0.314 e. The van der Waals surface area contributed by atoms with E-state index in [4.69, 9.17) is 9.84 Å². The number of amides is 2. The molecule has 5 nitrogen and oxygen atoms in total. The first-order chi connectivity index (χ1) is 7.22. The summed E-state index contributed by atoms with van der Waals surface area (Å²) in [6.07, 6.45) is 0. The summed E-state index contributed by atoms with van der Waals surface area (Å²) < 4.78 is 5.30. The second-order valence-electron chi connectivity index (χ2n) is 2.85. The van der Waals surface area contributed by atoms with E-state index in [2.05, 4.69) is 10.6 Å². The Bertz CT molecular complexity index is 311. The van der Waals surface area contributed by atoms with Gasteiger partial charge in [-0.1, -0.05) is 0 Å². The molecular formula is C10H14N2O3. The van der Waals surface area contributed by atoms with Gasteiger partial charge in [0, 0.05) is 7.05 Å². The molecular weight excluding hydrogens is 196 g/mol. The van der Waals surface area contributed by atoms with Crippen molar-refractivity contribution in [3.63, 3.8) is 0 Å². The third-order valence-corrected chi connectivity index (χ3v) is 1.72. The Morgan fingerprint density at radius 1 is 1.40 bits per heavy atom. The van der Waals surface area contributed by atoms with Crippen LogP contribution in [0, 0.1) is 0 Å². The predicted molar refractivity (Wildman–Crippen MR) is 56.1 cm³/mol. The molecule has 0 aromatic heterocycles. The van der Waals surface area contributed by atoms with Crippen LogP contribution in [0.25, 0.3) is 0 Å². The summed E-state index contributed by atoms with van der Waals surface area (Å²) in [5.74, 6) is 0.859. The van der Waals surface area contributed by atoms with Crippen LogP contribution < -0.4 is 15.4 Å². The van der Waals surface area contributed by atoms with Gasteiger partial charge in [-0.2, -0.15) is 0 Å². The van der Waals surface area contributed by atoms with Crippen LogP contribution in [0.3, 0.4) is 0 Å². The fourth-order valence-corrected chi connectivity index (χ4v) is 0.964. The number of hydrogen-bond acceptors (Lipinski definition) is 3. The molecule has 0 atom stereocenters. The average Bonchev–Trinajstić information content (AvgIpc) is 2.26. The second kappa shape index (κ2) is 5.74. The van der Waals surface area contributed by atoms with E-state index in [9.17, 15) is 4.79 Å². The molecule has 2 amide bonds. The zero-order valence-electron chi connectivity index (χ0n) is 8.49. The van der Waals surface area contributed by atoms with Crippen molar-refractivity contribution in [1.82, 2.24) is 10.6 Å². The van der Waals surface area contributed by atoms with E-state index in [1.54, 1.807) is 31.3 Å². The minimum Gasteiger partial charge on any atom is -0.508 e. The highest BCUT2D eigenvalue weighted by Gasteiger charge is 1.96. The van der Waals surface area contributed by atoms with E-state index >= 15 is 0 Å². The highest BCUT2D eigenvalue weighted by Crippen LogP contribution is 2.15. The molecule has 1 aromatic rings. The average molecular weight is 210 g/mol. The largest absolute Gasteiger partial charge is 0.508 e. The van der Waals surface area contributed by atoms with Crippen LogP contribution in [0.15, 0.2) is 24.3 Å². The monoisotopic (exact) mass is 210 g/mol. The molecule has 1 aromatic carbocycles. The molecule has 0 heterocycles. The number of hydrogen-bond donors (Lipinski definition) is 3. The molecule has 3 N–H and O–H groups in total. The van der Waals surface area contributed by atoms with E-state index in [0.717, 1.165) is 0 Å². The molecule has 0 fully saturated rings. The Hall–Kier alpha value is -1.91. The molecule has 0 aliphatic rings. The summed E-state index contributed by atoms with van der Waals surface area (Å²) >= 11 is 0. The van der Waals surface area contributed by atoms with Crippen molar-refractivity contribution in [2.75, 3.05) is 20.2 Å². The first-order valence-corrected chi connectivity index (χ1v) is 4.60. The predicted octanol–water partition coefficient (Wildman–Crippen LogP) is 0.700. The molecule has 0 spiro atoms. The molecule has 5 heteroatoms. The lowest BCUT2D eigenvalue weighted by atomic mass is 10.3. The Morgan fingerprint density at radius 3 is 2.67 bits per heavy atom. The summed E-state index contributed by atoms with van der Waals surface area (Å²) in [4.78, 5) is 10.8. The topological polar surface area (TPSA) is 70.6 Å². The van der Waals surface area contributed by atoms with Crippen molar-refractivity contribution >= 4 is 6.03 Å². The highest BCUT2D eigenvalue weighted by molar-refractivity contribution is 5.73. The summed E-state index contributed by atoms with van der Waals surface area (Å²) in [7, 11) is 1.55. The Morgan fingerprint density at radius 2 is 2.07 bits per heavy atom. The molecule has 15 heavy (non-hydrogen) atoms. The quantitative estimate of drug-likeness (QED) is 0.641. The van der Waals surface area contributed by atoms with E-state index in [-0.39, 0.29) is 11.8 Å². The van der Waals surface area contributed by atoms with E-state index in [0.29, 0.717) is 18.9 Å². The number of phenols is 1. The van der Waals surface area contributed by atoms with E-state index in [1.165, 1.54) is 0 Å². The molecule has 0 saturated heterocycles. The lowest BCUT2D eigenvalue weighted by Crippen LogP contribution is -2.35. The SMILES string of the molecule is CNC(=O)NCCOc1ccc(O)cc1. The molecule has 1 rings (SSSR count). The van der Waals surface area contributed by atoms with Gasteiger partial charge in [0.05, 0.1) is 6.54 Å². The number of carbonyl (C=O) groups excluding carboxylic acids is 1. The maximum absolute atomic E-state index is 10.8. The van der Waals surface area contributed by atoms with Gasteiger partial charge in [-0.15, -0.1) is 0 Å². The van der Waals surface area contributed by atoms with Crippen LogP contribution in [0.4, 0.5) is 4.79 Å². The maximum atomic E-state index is 10.8. The zero-order chi connectivity index (χ0) is 11.1. The number of phenolic OH excluding ortho intramolecular Hbond substituents is 1. The van der Waals surface area contributed by atoms with E-state index in [1.807, 2.05) is 0 Å². The lowest BCUT2D eigenvalue weighted by molar-refractivity contribution is 0.238. The molecule has 0 bridgehead atoms. The van der Waals surface area contributed by atoms with Crippen LogP contribution in [0.2, 0.25) is 0 Å². The Balaban J connectivity index is 2.20. The minimum atomic E-state index is -0.232. The van der Waals surface area contributed by atoms with Gasteiger partial charge >= 0.3 is 6.03 Å². The number of urea groups is 1. The van der Waals surface area contributed by atoms with Gasteiger partial charge in [-0.25, -0.2) is 4.79 Å². The number of aromatic hydroxyl groups is 1. The minimum absolute atomic E-state index is 0.200. The molecule has 0 aliphatic heterocycles. The highest BCUT2D eigenvalue weighted by atomic mass is 16.5. The second-order valence-corrected chi connectivity index (χ2v) is 2.85. The summed E-state index contributed by atoms with van der Waals surface area (Å²) in [5.41, 5.74) is 0. The van der Waals surface area contributed by atoms with Crippen molar-refractivity contribution in [2.24, 2.45) is 0 Å². The number of nitrogens with one attached hydrogen (secondary N) is 2. The summed E-state index contributed by atoms with van der Waals surface area (Å²) in [6, 6.07) is 6.18. The van der Waals surface area contributed by atoms with Gasteiger partial charge in [0.1, 0.15) is 18.1 Å². The molecule has 0 radical (unpaired) electrons. The van der Waals surface area contributed by atoms with Crippen LogP contribution in [-0.2, 0) is 0 Å². The van der Waals surface area contributed by atoms with Crippen molar-refractivity contribution in [3.8, 4) is 11.5 Å². The first kappa shape index (κ1) is 11.2. The fraction of sp³-hybridized carbons (Fsp3) is 0.300. The normalized spacial score (nSPS) is 9.40. The third kappa shape index (κ3) is 4.21. The van der Waals surface area contributed by atoms with Crippen molar-refractivity contribution in [2.45, 2.75) is 0 Å². The number of carbonyl (C=O) groups is 1. The summed E-state index contributed by atoms with van der Waals surface area (Å²) in [6.45, 7) is 0.818. The maximum Gasteiger partial charge on any atom is 0.314 e. The van der Waals surface area contributed by atoms with Crippen LogP contribution in [-0.4, -0.2) is 31.3 Å². The fourth-order valence-electron chi connectivity index (χ4n) is 0.964. The molecule has 0 aliphatic carbocycles. The first-order valence-electron chi connectivity index (χ1n) is 4.60.